The molecule has 1 fully saturated rings. The van der Waals surface area contributed by atoms with Crippen LogP contribution in [0.15, 0.2) is 18.2 Å². The third-order valence-corrected chi connectivity index (χ3v) is 3.89. The molecule has 1 aliphatic rings. The van der Waals surface area contributed by atoms with Crippen molar-refractivity contribution in [1.82, 2.24) is 5.32 Å². The first kappa shape index (κ1) is 17.1. The van der Waals surface area contributed by atoms with E-state index in [1.165, 1.54) is 7.11 Å². The van der Waals surface area contributed by atoms with E-state index in [2.05, 4.69) is 19.2 Å². The summed E-state index contributed by atoms with van der Waals surface area (Å²) in [5.41, 5.74) is -0.748. The molecule has 2 rings (SSSR count). The summed E-state index contributed by atoms with van der Waals surface area (Å²) in [6.45, 7) is 4.80. The molecule has 1 saturated carbocycles. The van der Waals surface area contributed by atoms with Crippen LogP contribution in [-0.4, -0.2) is 36.2 Å². The third kappa shape index (κ3) is 4.15. The number of aliphatic carboxylic acids is 1. The lowest BCUT2D eigenvalue weighted by Gasteiger charge is -2.15. The van der Waals surface area contributed by atoms with Gasteiger partial charge in [-0.15, -0.1) is 0 Å². The lowest BCUT2D eigenvalue weighted by Crippen LogP contribution is -2.43. The van der Waals surface area contributed by atoms with Crippen LogP contribution in [0, 0.1) is 5.92 Å². The van der Waals surface area contributed by atoms with Gasteiger partial charge in [0.25, 0.3) is 5.91 Å². The maximum Gasteiger partial charge on any atom is 0.329 e. The Labute approximate surface area is 135 Å². The molecule has 0 unspecified atom stereocenters. The lowest BCUT2D eigenvalue weighted by molar-refractivity contribution is -0.140. The van der Waals surface area contributed by atoms with Crippen LogP contribution < -0.4 is 14.8 Å². The Morgan fingerprint density at radius 3 is 2.52 bits per heavy atom. The van der Waals surface area contributed by atoms with Gasteiger partial charge in [0.05, 0.1) is 13.7 Å². The highest BCUT2D eigenvalue weighted by Gasteiger charge is 2.51. The second-order valence-electron chi connectivity index (χ2n) is 6.24. The largest absolute Gasteiger partial charge is 0.493 e. The van der Waals surface area contributed by atoms with Crippen molar-refractivity contribution in [2.24, 2.45) is 5.92 Å². The minimum Gasteiger partial charge on any atom is -0.493 e. The Morgan fingerprint density at radius 2 is 2.00 bits per heavy atom. The highest BCUT2D eigenvalue weighted by Crippen LogP contribution is 2.36. The number of amides is 1. The average molecular weight is 321 g/mol. The van der Waals surface area contributed by atoms with Crippen molar-refractivity contribution in [3.63, 3.8) is 0 Å². The molecule has 0 heterocycles. The number of carboxylic acid groups (broad SMARTS) is 1. The van der Waals surface area contributed by atoms with Crippen molar-refractivity contribution in [2.75, 3.05) is 13.7 Å². The molecule has 2 N–H and O–H groups in total. The zero-order valence-electron chi connectivity index (χ0n) is 13.7. The standard InChI is InChI=1S/C17H23NO5/c1-11(2)6-9-23-13-5-4-12(10-14(13)22-3)15(19)18-17(7-8-17)16(20)21/h4-5,10-11H,6-9H2,1-3H3,(H,18,19)(H,20,21). The maximum absolute atomic E-state index is 12.2. The Kier molecular flexibility index (Phi) is 5.13. The SMILES string of the molecule is COc1cc(C(=O)NC2(C(=O)O)CC2)ccc1OCCC(C)C. The van der Waals surface area contributed by atoms with Gasteiger partial charge in [0.1, 0.15) is 5.54 Å². The zero-order valence-corrected chi connectivity index (χ0v) is 13.7. The summed E-state index contributed by atoms with van der Waals surface area (Å²) in [5.74, 6) is 0.158. The summed E-state index contributed by atoms with van der Waals surface area (Å²) in [7, 11) is 1.51. The molecule has 0 aliphatic heterocycles. The Balaban J connectivity index is 2.06. The fourth-order valence-corrected chi connectivity index (χ4v) is 2.14. The number of methoxy groups -OCH3 is 1. The number of nitrogens with one attached hydrogen (secondary N) is 1. The summed E-state index contributed by atoms with van der Waals surface area (Å²) in [6, 6.07) is 4.85. The van der Waals surface area contributed by atoms with Crippen LogP contribution in [0.2, 0.25) is 0 Å². The van der Waals surface area contributed by atoms with Gasteiger partial charge in [0.15, 0.2) is 11.5 Å². The lowest BCUT2D eigenvalue weighted by atomic mass is 10.1. The fraction of sp³-hybridized carbons (Fsp3) is 0.529. The number of carbonyl (C=O) groups excluding carboxylic acids is 1. The first-order valence-corrected chi connectivity index (χ1v) is 7.75. The summed E-state index contributed by atoms with van der Waals surface area (Å²) in [6.07, 6.45) is 1.84. The van der Waals surface area contributed by atoms with Crippen LogP contribution >= 0.6 is 0 Å². The molecule has 6 heteroatoms. The van der Waals surface area contributed by atoms with Gasteiger partial charge in [-0.2, -0.15) is 0 Å². The quantitative estimate of drug-likeness (QED) is 0.768. The van der Waals surface area contributed by atoms with E-state index in [1.54, 1.807) is 18.2 Å². The minimum absolute atomic E-state index is 0.352. The number of rotatable bonds is 8. The minimum atomic E-state index is -1.10. The van der Waals surface area contributed by atoms with Gasteiger partial charge in [-0.1, -0.05) is 13.8 Å². The molecule has 6 nitrogen and oxygen atoms in total. The Hall–Kier alpha value is -2.24. The third-order valence-electron chi connectivity index (χ3n) is 3.89. The van der Waals surface area contributed by atoms with E-state index in [0.717, 1.165) is 6.42 Å². The van der Waals surface area contributed by atoms with E-state index in [1.807, 2.05) is 0 Å². The van der Waals surface area contributed by atoms with Gasteiger partial charge < -0.3 is 19.9 Å². The second kappa shape index (κ2) is 6.89. The maximum atomic E-state index is 12.2. The Bertz CT molecular complexity index is 593. The van der Waals surface area contributed by atoms with Crippen LogP contribution in [0.25, 0.3) is 0 Å². The smallest absolute Gasteiger partial charge is 0.329 e. The van der Waals surface area contributed by atoms with E-state index in [0.29, 0.717) is 42.4 Å². The Morgan fingerprint density at radius 1 is 1.30 bits per heavy atom. The van der Waals surface area contributed by atoms with Crippen molar-refractivity contribution in [3.05, 3.63) is 23.8 Å². The molecule has 126 valence electrons. The average Bonchev–Trinajstić information content (AvgIpc) is 3.28. The van der Waals surface area contributed by atoms with Crippen LogP contribution in [-0.2, 0) is 4.79 Å². The van der Waals surface area contributed by atoms with Crippen molar-refractivity contribution < 1.29 is 24.2 Å². The van der Waals surface area contributed by atoms with Gasteiger partial charge in [-0.25, -0.2) is 4.79 Å². The number of hydrogen-bond donors (Lipinski definition) is 2. The topological polar surface area (TPSA) is 84.9 Å². The van der Waals surface area contributed by atoms with Crippen LogP contribution in [0.1, 0.15) is 43.5 Å². The molecule has 23 heavy (non-hydrogen) atoms. The molecule has 0 saturated heterocycles. The van der Waals surface area contributed by atoms with Crippen molar-refractivity contribution in [3.8, 4) is 11.5 Å². The van der Waals surface area contributed by atoms with Crippen molar-refractivity contribution in [1.29, 1.82) is 0 Å². The molecule has 0 spiro atoms. The van der Waals surface area contributed by atoms with Crippen LogP contribution in [0.4, 0.5) is 0 Å². The molecule has 0 bridgehead atoms. The molecular weight excluding hydrogens is 298 g/mol. The normalized spacial score (nSPS) is 15.1. The first-order valence-electron chi connectivity index (χ1n) is 7.75. The molecule has 0 atom stereocenters. The van der Waals surface area contributed by atoms with Gasteiger partial charge in [-0.05, 0) is 43.4 Å². The second-order valence-corrected chi connectivity index (χ2v) is 6.24. The van der Waals surface area contributed by atoms with E-state index in [-0.39, 0.29) is 0 Å². The number of carbonyl (C=O) groups is 2. The predicted octanol–water partition coefficient (Wildman–Crippen LogP) is 2.47. The summed E-state index contributed by atoms with van der Waals surface area (Å²) >= 11 is 0. The van der Waals surface area contributed by atoms with E-state index < -0.39 is 17.4 Å². The molecule has 0 aromatic heterocycles. The van der Waals surface area contributed by atoms with Gasteiger partial charge >= 0.3 is 5.97 Å². The summed E-state index contributed by atoms with van der Waals surface area (Å²) < 4.78 is 10.9. The van der Waals surface area contributed by atoms with E-state index >= 15 is 0 Å². The molecule has 1 aliphatic carbocycles. The van der Waals surface area contributed by atoms with Crippen molar-refractivity contribution in [2.45, 2.75) is 38.6 Å². The van der Waals surface area contributed by atoms with E-state index in [4.69, 9.17) is 14.6 Å². The predicted molar refractivity (Wildman–Crippen MR) is 85.0 cm³/mol. The summed E-state index contributed by atoms with van der Waals surface area (Å²) in [5, 5.41) is 11.7. The van der Waals surface area contributed by atoms with Crippen LogP contribution in [0.3, 0.4) is 0 Å². The monoisotopic (exact) mass is 321 g/mol. The number of carboxylic acids is 1. The molecular formula is C17H23NO5. The molecule has 1 amide bonds. The molecule has 1 aromatic carbocycles. The van der Waals surface area contributed by atoms with Gasteiger partial charge in [0.2, 0.25) is 0 Å². The van der Waals surface area contributed by atoms with E-state index in [9.17, 15) is 9.59 Å². The van der Waals surface area contributed by atoms with Gasteiger partial charge in [0, 0.05) is 5.56 Å². The number of benzene rings is 1. The van der Waals surface area contributed by atoms with Gasteiger partial charge in [-0.3, -0.25) is 4.79 Å². The highest BCUT2D eigenvalue weighted by atomic mass is 16.5. The number of ether oxygens (including phenoxy) is 2. The molecule has 0 radical (unpaired) electrons. The van der Waals surface area contributed by atoms with Crippen molar-refractivity contribution >= 4 is 11.9 Å². The number of hydrogen-bond acceptors (Lipinski definition) is 4. The zero-order chi connectivity index (χ0) is 17.0. The van der Waals surface area contributed by atoms with Crippen LogP contribution in [0.5, 0.6) is 11.5 Å². The highest BCUT2D eigenvalue weighted by molar-refractivity contribution is 5.99. The first-order chi connectivity index (χ1) is 10.9. The fourth-order valence-electron chi connectivity index (χ4n) is 2.14. The summed E-state index contributed by atoms with van der Waals surface area (Å²) in [4.78, 5) is 23.4. The molecule has 1 aromatic rings.